The monoisotopic (exact) mass is 215 g/mol. The maximum atomic E-state index is 13.5. The van der Waals surface area contributed by atoms with Gasteiger partial charge >= 0.3 is 0 Å². The number of methoxy groups -OCH3 is 2. The van der Waals surface area contributed by atoms with Crippen LogP contribution in [-0.4, -0.2) is 19.4 Å². The minimum absolute atomic E-state index is 0.123. The molecule has 2 N–H and O–H groups in total. The molecule has 0 aliphatic carbocycles. The third kappa shape index (κ3) is 2.89. The summed E-state index contributed by atoms with van der Waals surface area (Å²) in [6.45, 7) is 0.441. The van der Waals surface area contributed by atoms with Crippen LogP contribution < -0.4 is 10.2 Å². The number of hydrogen-bond acceptors (Lipinski definition) is 4. The van der Waals surface area contributed by atoms with Gasteiger partial charge in [-0.25, -0.2) is 9.87 Å². The molecule has 5 heteroatoms. The topological polar surface area (TPSA) is 50.7 Å². The highest BCUT2D eigenvalue weighted by atomic mass is 19.1. The molecule has 1 aromatic carbocycles. The lowest BCUT2D eigenvalue weighted by Gasteiger charge is -2.11. The van der Waals surface area contributed by atoms with Gasteiger partial charge in [0, 0.05) is 19.2 Å². The van der Waals surface area contributed by atoms with Crippen molar-refractivity contribution in [3.63, 3.8) is 0 Å². The van der Waals surface area contributed by atoms with E-state index in [0.717, 1.165) is 0 Å². The normalized spacial score (nSPS) is 10.4. The zero-order valence-electron chi connectivity index (χ0n) is 8.71. The molecule has 0 aromatic heterocycles. The number of halogens is 1. The average Bonchev–Trinajstić information content (AvgIpc) is 2.18. The van der Waals surface area contributed by atoms with Crippen LogP contribution in [0.15, 0.2) is 12.1 Å². The zero-order valence-corrected chi connectivity index (χ0v) is 8.71. The van der Waals surface area contributed by atoms with Crippen molar-refractivity contribution in [1.29, 1.82) is 0 Å². The van der Waals surface area contributed by atoms with Gasteiger partial charge in [0.15, 0.2) is 11.6 Å². The van der Waals surface area contributed by atoms with Crippen LogP contribution >= 0.6 is 0 Å². The van der Waals surface area contributed by atoms with E-state index in [2.05, 4.69) is 0 Å². The minimum atomic E-state index is -0.461. The Labute approximate surface area is 87.6 Å². The van der Waals surface area contributed by atoms with Crippen LogP contribution in [0.3, 0.4) is 0 Å². The van der Waals surface area contributed by atoms with E-state index in [0.29, 0.717) is 17.7 Å². The first-order valence-corrected chi connectivity index (χ1v) is 4.44. The fourth-order valence-electron chi connectivity index (χ4n) is 1.41. The number of benzene rings is 1. The number of hydroxylamine groups is 1. The smallest absolute Gasteiger partial charge is 0.165 e. The molecule has 0 saturated carbocycles. The lowest BCUT2D eigenvalue weighted by atomic mass is 10.1. The largest absolute Gasteiger partial charge is 0.493 e. The Morgan fingerprint density at radius 1 is 1.40 bits per heavy atom. The fourth-order valence-corrected chi connectivity index (χ4v) is 1.41. The molecule has 1 rings (SSSR count). The van der Waals surface area contributed by atoms with Crippen LogP contribution in [0.5, 0.6) is 5.75 Å². The van der Waals surface area contributed by atoms with E-state index >= 15 is 0 Å². The highest BCUT2D eigenvalue weighted by molar-refractivity contribution is 5.38. The van der Waals surface area contributed by atoms with Gasteiger partial charge in [-0.1, -0.05) is 0 Å². The summed E-state index contributed by atoms with van der Waals surface area (Å²) in [7, 11) is 2.92. The van der Waals surface area contributed by atoms with Crippen LogP contribution in [0.1, 0.15) is 11.1 Å². The summed E-state index contributed by atoms with van der Waals surface area (Å²) in [4.78, 5) is 0. The summed E-state index contributed by atoms with van der Waals surface area (Å²) < 4.78 is 23.3. The molecular formula is C10H14FNO3. The van der Waals surface area contributed by atoms with Crippen molar-refractivity contribution in [2.24, 2.45) is 0 Å². The number of rotatable bonds is 5. The van der Waals surface area contributed by atoms with Crippen LogP contribution in [0.4, 0.5) is 4.39 Å². The fraction of sp³-hybridized carbons (Fsp3) is 0.400. The Morgan fingerprint density at radius 3 is 2.67 bits per heavy atom. The molecule has 0 saturated heterocycles. The molecule has 0 spiro atoms. The standard InChI is InChI=1S/C10H14FNO3/c1-14-6-7-3-8(5-12-13)10(15-2)9(11)4-7/h3-4,12-13H,5-6H2,1-2H3. The van der Waals surface area contributed by atoms with E-state index in [4.69, 9.17) is 14.7 Å². The Kier molecular flexibility index (Phi) is 4.48. The van der Waals surface area contributed by atoms with Crippen molar-refractivity contribution in [3.8, 4) is 5.75 Å². The molecule has 0 atom stereocenters. The first-order valence-electron chi connectivity index (χ1n) is 4.44. The van der Waals surface area contributed by atoms with Crippen molar-refractivity contribution in [3.05, 3.63) is 29.1 Å². The summed E-state index contributed by atoms with van der Waals surface area (Å²) in [6, 6.07) is 3.07. The van der Waals surface area contributed by atoms with Crippen LogP contribution in [-0.2, 0) is 17.9 Å². The van der Waals surface area contributed by atoms with E-state index in [1.165, 1.54) is 20.3 Å². The first kappa shape index (κ1) is 11.9. The number of ether oxygens (including phenoxy) is 2. The van der Waals surface area contributed by atoms with Crippen molar-refractivity contribution in [2.75, 3.05) is 14.2 Å². The van der Waals surface area contributed by atoms with E-state index in [1.807, 2.05) is 5.48 Å². The highest BCUT2D eigenvalue weighted by Crippen LogP contribution is 2.24. The Hall–Kier alpha value is -1.17. The molecule has 15 heavy (non-hydrogen) atoms. The third-order valence-corrected chi connectivity index (χ3v) is 1.96. The summed E-state index contributed by atoms with van der Waals surface area (Å²) in [6.07, 6.45) is 0. The molecule has 0 aliphatic rings. The van der Waals surface area contributed by atoms with Crippen LogP contribution in [0.2, 0.25) is 0 Å². The SMILES string of the molecule is COCc1cc(F)c(OC)c(CNO)c1. The maximum Gasteiger partial charge on any atom is 0.165 e. The van der Waals surface area contributed by atoms with E-state index in [1.54, 1.807) is 6.07 Å². The van der Waals surface area contributed by atoms with Crippen LogP contribution in [0.25, 0.3) is 0 Å². The Bertz CT molecular complexity index is 331. The lowest BCUT2D eigenvalue weighted by Crippen LogP contribution is -2.09. The van der Waals surface area contributed by atoms with E-state index < -0.39 is 5.82 Å². The molecule has 84 valence electrons. The van der Waals surface area contributed by atoms with Crippen LogP contribution in [0, 0.1) is 5.82 Å². The second-order valence-electron chi connectivity index (χ2n) is 3.04. The second kappa shape index (κ2) is 5.65. The van der Waals surface area contributed by atoms with Gasteiger partial charge in [-0.05, 0) is 17.7 Å². The highest BCUT2D eigenvalue weighted by Gasteiger charge is 2.11. The lowest BCUT2D eigenvalue weighted by molar-refractivity contribution is 0.159. The molecule has 1 aromatic rings. The van der Waals surface area contributed by atoms with Gasteiger partial charge in [0.2, 0.25) is 0 Å². The molecule has 0 fully saturated rings. The van der Waals surface area contributed by atoms with Crippen molar-refractivity contribution in [2.45, 2.75) is 13.2 Å². The van der Waals surface area contributed by atoms with Gasteiger partial charge in [-0.3, -0.25) is 0 Å². The molecule has 4 nitrogen and oxygen atoms in total. The van der Waals surface area contributed by atoms with Gasteiger partial charge in [-0.2, -0.15) is 0 Å². The Balaban J connectivity index is 3.07. The number of hydrogen-bond donors (Lipinski definition) is 2. The van der Waals surface area contributed by atoms with Crippen molar-refractivity contribution in [1.82, 2.24) is 5.48 Å². The van der Waals surface area contributed by atoms with Gasteiger partial charge in [0.1, 0.15) is 0 Å². The predicted molar refractivity (Wildman–Crippen MR) is 52.3 cm³/mol. The predicted octanol–water partition coefficient (Wildman–Crippen LogP) is 1.46. The average molecular weight is 215 g/mol. The van der Waals surface area contributed by atoms with E-state index in [-0.39, 0.29) is 12.3 Å². The Morgan fingerprint density at radius 2 is 2.13 bits per heavy atom. The molecule has 0 bridgehead atoms. The van der Waals surface area contributed by atoms with Gasteiger partial charge in [0.05, 0.1) is 13.7 Å². The quantitative estimate of drug-likeness (QED) is 0.730. The van der Waals surface area contributed by atoms with Crippen molar-refractivity contribution < 1.29 is 19.1 Å². The number of nitrogens with one attached hydrogen (secondary N) is 1. The van der Waals surface area contributed by atoms with Gasteiger partial charge in [0.25, 0.3) is 0 Å². The summed E-state index contributed by atoms with van der Waals surface area (Å²) in [5.41, 5.74) is 3.21. The molecule has 0 radical (unpaired) electrons. The van der Waals surface area contributed by atoms with Crippen molar-refractivity contribution >= 4 is 0 Å². The third-order valence-electron chi connectivity index (χ3n) is 1.96. The van der Waals surface area contributed by atoms with Gasteiger partial charge in [-0.15, -0.1) is 0 Å². The molecule has 0 unspecified atom stereocenters. The summed E-state index contributed by atoms with van der Waals surface area (Å²) >= 11 is 0. The zero-order chi connectivity index (χ0) is 11.3. The molecule has 0 amide bonds. The molecular weight excluding hydrogens is 201 g/mol. The first-order chi connectivity index (χ1) is 7.22. The maximum absolute atomic E-state index is 13.5. The van der Waals surface area contributed by atoms with E-state index in [9.17, 15) is 4.39 Å². The molecule has 0 aliphatic heterocycles. The summed E-state index contributed by atoms with van der Waals surface area (Å²) in [5, 5.41) is 8.59. The second-order valence-corrected chi connectivity index (χ2v) is 3.04. The summed E-state index contributed by atoms with van der Waals surface area (Å²) in [5.74, 6) is -0.325. The van der Waals surface area contributed by atoms with Gasteiger partial charge < -0.3 is 14.7 Å². The minimum Gasteiger partial charge on any atom is -0.493 e. The molecule has 0 heterocycles.